The van der Waals surface area contributed by atoms with Gasteiger partial charge in [0.2, 0.25) is 0 Å². The molecule has 0 aromatic carbocycles. The first-order chi connectivity index (χ1) is 3.00. The maximum Gasteiger partial charge on any atom is 0.0653 e. The van der Waals surface area contributed by atoms with E-state index in [1.807, 2.05) is 6.08 Å². The van der Waals surface area contributed by atoms with Gasteiger partial charge in [0.05, 0.1) is 6.61 Å². The number of hydrogen-bond acceptors (Lipinski definition) is 2. The summed E-state index contributed by atoms with van der Waals surface area (Å²) in [4.78, 5) is 0. The van der Waals surface area contributed by atoms with E-state index in [9.17, 15) is 0 Å². The third-order valence-electron chi connectivity index (χ3n) is 0.536. The van der Waals surface area contributed by atoms with Gasteiger partial charge in [0.15, 0.2) is 0 Å². The summed E-state index contributed by atoms with van der Waals surface area (Å²) in [7, 11) is 0. The average molecular weight is 101 g/mol. The van der Waals surface area contributed by atoms with Gasteiger partial charge in [-0.2, -0.15) is 0 Å². The van der Waals surface area contributed by atoms with Crippen molar-refractivity contribution in [1.29, 1.82) is 0 Å². The standard InChI is InChI=1S/C4H5OS/c1-2-4-6-5-3-1/h2H,1,3H2. The van der Waals surface area contributed by atoms with Crippen LogP contribution < -0.4 is 0 Å². The molecule has 6 heavy (non-hydrogen) atoms. The molecule has 1 heterocycles. The van der Waals surface area contributed by atoms with Gasteiger partial charge in [-0.1, -0.05) is 6.08 Å². The number of rotatable bonds is 0. The highest BCUT2D eigenvalue weighted by Crippen LogP contribution is 2.08. The summed E-state index contributed by atoms with van der Waals surface area (Å²) in [6.45, 7) is 0.845. The van der Waals surface area contributed by atoms with E-state index in [1.165, 1.54) is 12.0 Å². The third kappa shape index (κ3) is 1.03. The normalized spacial score (nSPS) is 21.3. The second kappa shape index (κ2) is 2.26. The minimum absolute atomic E-state index is 0.845. The van der Waals surface area contributed by atoms with Gasteiger partial charge in [0, 0.05) is 17.5 Å². The van der Waals surface area contributed by atoms with Gasteiger partial charge in [-0.05, 0) is 6.42 Å². The van der Waals surface area contributed by atoms with E-state index in [1.54, 1.807) is 0 Å². The van der Waals surface area contributed by atoms with Crippen LogP contribution in [-0.4, -0.2) is 6.61 Å². The Balaban J connectivity index is 2.26. The van der Waals surface area contributed by atoms with Gasteiger partial charge in [-0.3, -0.25) is 0 Å². The molecule has 0 fully saturated rings. The average Bonchev–Trinajstić information content (AvgIpc) is 1.72. The quantitative estimate of drug-likeness (QED) is 0.426. The zero-order valence-electron chi connectivity index (χ0n) is 3.31. The molecule has 0 aromatic heterocycles. The Hall–Kier alpha value is 0.0500. The molecule has 0 aromatic rings. The van der Waals surface area contributed by atoms with Crippen molar-refractivity contribution >= 4 is 12.0 Å². The summed E-state index contributed by atoms with van der Waals surface area (Å²) in [5, 5.41) is 2.85. The van der Waals surface area contributed by atoms with E-state index in [0.29, 0.717) is 0 Å². The zero-order valence-corrected chi connectivity index (χ0v) is 4.12. The molecule has 2 heteroatoms. The molecule has 1 nitrogen and oxygen atoms in total. The first kappa shape index (κ1) is 4.22. The Morgan fingerprint density at radius 3 is 3.00 bits per heavy atom. The van der Waals surface area contributed by atoms with Crippen LogP contribution in [0.15, 0.2) is 6.08 Å². The molecule has 0 unspecified atom stereocenters. The van der Waals surface area contributed by atoms with Crippen molar-refractivity contribution in [3.8, 4) is 0 Å². The lowest BCUT2D eigenvalue weighted by atomic mass is 10.5. The van der Waals surface area contributed by atoms with E-state index >= 15 is 0 Å². The monoisotopic (exact) mass is 101 g/mol. The van der Waals surface area contributed by atoms with Crippen molar-refractivity contribution in [3.63, 3.8) is 0 Å². The molecule has 0 aliphatic carbocycles. The Labute approximate surface area is 41.6 Å². The molecule has 1 aliphatic heterocycles. The van der Waals surface area contributed by atoms with Crippen molar-refractivity contribution in [2.75, 3.05) is 6.61 Å². The van der Waals surface area contributed by atoms with Crippen LogP contribution in [0.2, 0.25) is 0 Å². The summed E-state index contributed by atoms with van der Waals surface area (Å²) in [6.07, 6.45) is 3.00. The van der Waals surface area contributed by atoms with Gasteiger partial charge < -0.3 is 4.18 Å². The predicted molar refractivity (Wildman–Crippen MR) is 26.0 cm³/mol. The van der Waals surface area contributed by atoms with E-state index in [2.05, 4.69) is 5.41 Å². The van der Waals surface area contributed by atoms with Crippen molar-refractivity contribution in [1.82, 2.24) is 0 Å². The SMILES string of the molecule is [C]1=CCCOS1. The topological polar surface area (TPSA) is 9.23 Å². The van der Waals surface area contributed by atoms with E-state index < -0.39 is 0 Å². The Bertz CT molecular complexity index is 52.6. The van der Waals surface area contributed by atoms with Crippen LogP contribution in [0.25, 0.3) is 0 Å². The molecule has 0 saturated heterocycles. The fraction of sp³-hybridized carbons (Fsp3) is 0.500. The second-order valence-electron chi connectivity index (χ2n) is 1.02. The lowest BCUT2D eigenvalue weighted by molar-refractivity contribution is 0.380. The lowest BCUT2D eigenvalue weighted by Gasteiger charge is -1.97. The van der Waals surface area contributed by atoms with Crippen LogP contribution in [0, 0.1) is 5.41 Å². The Morgan fingerprint density at radius 1 is 1.83 bits per heavy atom. The van der Waals surface area contributed by atoms with Crippen LogP contribution in [-0.2, 0) is 4.18 Å². The molecular formula is C4H5OS. The Kier molecular flexibility index (Phi) is 1.59. The Morgan fingerprint density at radius 2 is 2.83 bits per heavy atom. The van der Waals surface area contributed by atoms with Crippen LogP contribution in [0.1, 0.15) is 6.42 Å². The minimum Gasteiger partial charge on any atom is -0.310 e. The lowest BCUT2D eigenvalue weighted by Crippen LogP contribution is -1.85. The van der Waals surface area contributed by atoms with E-state index in [-0.39, 0.29) is 0 Å². The summed E-state index contributed by atoms with van der Waals surface area (Å²) in [6, 6.07) is 0. The molecule has 1 aliphatic rings. The van der Waals surface area contributed by atoms with Gasteiger partial charge in [0.25, 0.3) is 0 Å². The highest BCUT2D eigenvalue weighted by Gasteiger charge is 1.88. The molecule has 1 rings (SSSR count). The predicted octanol–water partition coefficient (Wildman–Crippen LogP) is 1.37. The van der Waals surface area contributed by atoms with Crippen LogP contribution in [0.4, 0.5) is 0 Å². The molecule has 0 spiro atoms. The fourth-order valence-electron chi connectivity index (χ4n) is 0.276. The zero-order chi connectivity index (χ0) is 4.24. The van der Waals surface area contributed by atoms with Crippen LogP contribution in [0.5, 0.6) is 0 Å². The van der Waals surface area contributed by atoms with Crippen LogP contribution in [0.3, 0.4) is 0 Å². The highest BCUT2D eigenvalue weighted by atomic mass is 32.2. The first-order valence-electron chi connectivity index (χ1n) is 1.86. The van der Waals surface area contributed by atoms with Crippen molar-refractivity contribution < 1.29 is 4.18 Å². The molecular weight excluding hydrogens is 96.1 g/mol. The van der Waals surface area contributed by atoms with Crippen molar-refractivity contribution in [3.05, 3.63) is 11.5 Å². The third-order valence-corrected chi connectivity index (χ3v) is 1.08. The summed E-state index contributed by atoms with van der Waals surface area (Å²) >= 11 is 1.29. The van der Waals surface area contributed by atoms with Crippen molar-refractivity contribution in [2.45, 2.75) is 6.42 Å². The molecule has 1 radical (unpaired) electrons. The fourth-order valence-corrected chi connectivity index (χ4v) is 0.709. The molecule has 0 atom stereocenters. The van der Waals surface area contributed by atoms with E-state index in [4.69, 9.17) is 4.18 Å². The molecule has 0 amide bonds. The largest absolute Gasteiger partial charge is 0.310 e. The van der Waals surface area contributed by atoms with Gasteiger partial charge >= 0.3 is 0 Å². The summed E-state index contributed by atoms with van der Waals surface area (Å²) in [5.41, 5.74) is 0. The molecule has 0 bridgehead atoms. The van der Waals surface area contributed by atoms with Gasteiger partial charge in [0.1, 0.15) is 0 Å². The van der Waals surface area contributed by atoms with Crippen molar-refractivity contribution in [2.24, 2.45) is 0 Å². The number of hydrogen-bond donors (Lipinski definition) is 0. The van der Waals surface area contributed by atoms with Crippen LogP contribution >= 0.6 is 12.0 Å². The van der Waals surface area contributed by atoms with E-state index in [0.717, 1.165) is 13.0 Å². The molecule has 0 saturated carbocycles. The first-order valence-corrected chi connectivity index (χ1v) is 2.60. The highest BCUT2D eigenvalue weighted by molar-refractivity contribution is 7.96. The minimum atomic E-state index is 0.845. The maximum atomic E-state index is 4.84. The maximum absolute atomic E-state index is 4.84. The second-order valence-corrected chi connectivity index (χ2v) is 1.65. The smallest absolute Gasteiger partial charge is 0.0653 e. The van der Waals surface area contributed by atoms with Gasteiger partial charge in [-0.15, -0.1) is 0 Å². The summed E-state index contributed by atoms with van der Waals surface area (Å²) in [5.74, 6) is 0. The molecule has 33 valence electrons. The molecule has 0 N–H and O–H groups in total. The van der Waals surface area contributed by atoms with Gasteiger partial charge in [-0.25, -0.2) is 0 Å². The summed E-state index contributed by atoms with van der Waals surface area (Å²) < 4.78 is 4.84.